The highest BCUT2D eigenvalue weighted by Gasteiger charge is 2.10. The molecule has 0 aromatic heterocycles. The number of amides is 2. The first-order valence-corrected chi connectivity index (χ1v) is 4.92. The van der Waals surface area contributed by atoms with Crippen molar-refractivity contribution in [3.63, 3.8) is 0 Å². The lowest BCUT2D eigenvalue weighted by molar-refractivity contribution is -0.120. The summed E-state index contributed by atoms with van der Waals surface area (Å²) in [5.41, 5.74) is 0.901. The minimum atomic E-state index is -1.32. The van der Waals surface area contributed by atoms with Crippen molar-refractivity contribution in [1.29, 1.82) is 0 Å². The zero-order valence-electron chi connectivity index (χ0n) is 8.93. The highest BCUT2D eigenvalue weighted by molar-refractivity contribution is 5.91. The van der Waals surface area contributed by atoms with Crippen molar-refractivity contribution < 1.29 is 14.7 Å². The smallest absolute Gasteiger partial charge is 0.411 e. The van der Waals surface area contributed by atoms with Crippen LogP contribution in [0, 0.1) is 0 Å². The van der Waals surface area contributed by atoms with E-state index in [4.69, 9.17) is 5.11 Å². The van der Waals surface area contributed by atoms with Crippen LogP contribution in [0.3, 0.4) is 0 Å². The Morgan fingerprint density at radius 2 is 1.94 bits per heavy atom. The minimum Gasteiger partial charge on any atom is -0.465 e. The SMILES string of the molecule is CC(CC(=O)NC(=O)O)Nc1ccccc1. The van der Waals surface area contributed by atoms with E-state index in [1.54, 1.807) is 5.32 Å². The van der Waals surface area contributed by atoms with Gasteiger partial charge in [-0.3, -0.25) is 10.1 Å². The fourth-order valence-corrected chi connectivity index (χ4v) is 1.32. The summed E-state index contributed by atoms with van der Waals surface area (Å²) in [5.74, 6) is -0.511. The molecule has 0 heterocycles. The van der Waals surface area contributed by atoms with Gasteiger partial charge in [-0.1, -0.05) is 18.2 Å². The largest absolute Gasteiger partial charge is 0.465 e. The average Bonchev–Trinajstić information content (AvgIpc) is 2.17. The highest BCUT2D eigenvalue weighted by Crippen LogP contribution is 2.08. The number of benzene rings is 1. The maximum Gasteiger partial charge on any atom is 0.411 e. The van der Waals surface area contributed by atoms with Crippen LogP contribution in [0.2, 0.25) is 0 Å². The number of rotatable bonds is 4. The highest BCUT2D eigenvalue weighted by atomic mass is 16.4. The molecule has 0 fully saturated rings. The molecule has 5 nitrogen and oxygen atoms in total. The van der Waals surface area contributed by atoms with Gasteiger partial charge >= 0.3 is 6.09 Å². The number of anilines is 1. The lowest BCUT2D eigenvalue weighted by atomic mass is 10.2. The summed E-state index contributed by atoms with van der Waals surface area (Å²) in [6.45, 7) is 1.81. The lowest BCUT2D eigenvalue weighted by Gasteiger charge is -2.13. The monoisotopic (exact) mass is 222 g/mol. The summed E-state index contributed by atoms with van der Waals surface area (Å²) in [4.78, 5) is 21.3. The molecule has 1 unspecified atom stereocenters. The molecule has 0 bridgehead atoms. The predicted molar refractivity (Wildman–Crippen MR) is 60.3 cm³/mol. The average molecular weight is 222 g/mol. The number of para-hydroxylation sites is 1. The van der Waals surface area contributed by atoms with E-state index in [-0.39, 0.29) is 12.5 Å². The zero-order chi connectivity index (χ0) is 12.0. The fourth-order valence-electron chi connectivity index (χ4n) is 1.32. The first-order chi connectivity index (χ1) is 7.58. The van der Waals surface area contributed by atoms with Crippen LogP contribution in [0.1, 0.15) is 13.3 Å². The van der Waals surface area contributed by atoms with Crippen LogP contribution in [0.15, 0.2) is 30.3 Å². The van der Waals surface area contributed by atoms with Crippen molar-refractivity contribution >= 4 is 17.7 Å². The summed E-state index contributed by atoms with van der Waals surface area (Å²) < 4.78 is 0. The van der Waals surface area contributed by atoms with Crippen LogP contribution >= 0.6 is 0 Å². The van der Waals surface area contributed by atoms with Crippen LogP contribution in [0.25, 0.3) is 0 Å². The maximum absolute atomic E-state index is 11.1. The standard InChI is InChI=1S/C11H14N2O3/c1-8(7-10(14)13-11(15)16)12-9-5-3-2-4-6-9/h2-6,8,12H,7H2,1H3,(H,13,14)(H,15,16). The molecule has 0 saturated heterocycles. The van der Waals surface area contributed by atoms with E-state index >= 15 is 0 Å². The van der Waals surface area contributed by atoms with E-state index in [2.05, 4.69) is 5.32 Å². The van der Waals surface area contributed by atoms with Crippen molar-refractivity contribution in [3.05, 3.63) is 30.3 Å². The first kappa shape index (κ1) is 12.0. The molecule has 0 spiro atoms. The molecular weight excluding hydrogens is 208 g/mol. The molecule has 16 heavy (non-hydrogen) atoms. The van der Waals surface area contributed by atoms with Crippen molar-refractivity contribution in [2.45, 2.75) is 19.4 Å². The van der Waals surface area contributed by atoms with Gasteiger partial charge < -0.3 is 10.4 Å². The second kappa shape index (κ2) is 5.75. The zero-order valence-corrected chi connectivity index (χ0v) is 8.93. The molecule has 3 N–H and O–H groups in total. The van der Waals surface area contributed by atoms with Gasteiger partial charge in [0.05, 0.1) is 0 Å². The van der Waals surface area contributed by atoms with E-state index in [0.29, 0.717) is 0 Å². The summed E-state index contributed by atoms with van der Waals surface area (Å²) >= 11 is 0. The molecule has 2 amide bonds. The Morgan fingerprint density at radius 1 is 1.31 bits per heavy atom. The number of nitrogens with one attached hydrogen (secondary N) is 2. The van der Waals surface area contributed by atoms with Crippen LogP contribution < -0.4 is 10.6 Å². The number of hydrogen-bond donors (Lipinski definition) is 3. The van der Waals surface area contributed by atoms with Gasteiger partial charge in [-0.15, -0.1) is 0 Å². The van der Waals surface area contributed by atoms with Gasteiger partial charge in [0, 0.05) is 18.2 Å². The van der Waals surface area contributed by atoms with Crippen LogP contribution in [-0.4, -0.2) is 23.1 Å². The molecule has 1 atom stereocenters. The Kier molecular flexibility index (Phi) is 4.32. The van der Waals surface area contributed by atoms with Gasteiger partial charge in [0.2, 0.25) is 5.91 Å². The quantitative estimate of drug-likeness (QED) is 0.724. The van der Waals surface area contributed by atoms with E-state index in [9.17, 15) is 9.59 Å². The molecule has 0 radical (unpaired) electrons. The van der Waals surface area contributed by atoms with E-state index in [1.807, 2.05) is 37.3 Å². The van der Waals surface area contributed by atoms with Gasteiger partial charge in [0.1, 0.15) is 0 Å². The Hall–Kier alpha value is -2.04. The van der Waals surface area contributed by atoms with Crippen LogP contribution in [0.4, 0.5) is 10.5 Å². The van der Waals surface area contributed by atoms with Gasteiger partial charge in [-0.05, 0) is 19.1 Å². The predicted octanol–water partition coefficient (Wildman–Crippen LogP) is 1.67. The third-order valence-corrected chi connectivity index (χ3v) is 1.92. The third kappa shape index (κ3) is 4.45. The normalized spacial score (nSPS) is 11.6. The molecule has 1 rings (SSSR count). The van der Waals surface area contributed by atoms with Crippen molar-refractivity contribution in [1.82, 2.24) is 5.32 Å². The van der Waals surface area contributed by atoms with Crippen molar-refractivity contribution in [2.24, 2.45) is 0 Å². The topological polar surface area (TPSA) is 78.4 Å². The van der Waals surface area contributed by atoms with Gasteiger partial charge in [-0.2, -0.15) is 0 Å². The lowest BCUT2D eigenvalue weighted by Crippen LogP contribution is -2.32. The van der Waals surface area contributed by atoms with E-state index in [0.717, 1.165) is 5.69 Å². The molecule has 0 saturated carbocycles. The van der Waals surface area contributed by atoms with E-state index in [1.165, 1.54) is 0 Å². The third-order valence-electron chi connectivity index (χ3n) is 1.92. The van der Waals surface area contributed by atoms with Crippen molar-refractivity contribution in [2.75, 3.05) is 5.32 Å². The summed E-state index contributed by atoms with van der Waals surface area (Å²) in [6, 6.07) is 9.30. The molecule has 0 aliphatic carbocycles. The van der Waals surface area contributed by atoms with Crippen molar-refractivity contribution in [3.8, 4) is 0 Å². The van der Waals surface area contributed by atoms with Gasteiger partial charge in [0.15, 0.2) is 0 Å². The van der Waals surface area contributed by atoms with Gasteiger partial charge in [-0.25, -0.2) is 4.79 Å². The molecule has 0 aliphatic heterocycles. The number of carbonyl (C=O) groups is 2. The molecule has 1 aromatic carbocycles. The fraction of sp³-hybridized carbons (Fsp3) is 0.273. The Balaban J connectivity index is 2.39. The first-order valence-electron chi connectivity index (χ1n) is 4.92. The molecular formula is C11H14N2O3. The summed E-state index contributed by atoms with van der Waals surface area (Å²) in [6.07, 6.45) is -1.21. The Labute approximate surface area is 93.5 Å². The second-order valence-corrected chi connectivity index (χ2v) is 3.47. The summed E-state index contributed by atoms with van der Waals surface area (Å²) in [7, 11) is 0. The number of carboxylic acid groups (broad SMARTS) is 1. The van der Waals surface area contributed by atoms with Crippen LogP contribution in [-0.2, 0) is 4.79 Å². The molecule has 86 valence electrons. The molecule has 0 aliphatic rings. The van der Waals surface area contributed by atoms with E-state index < -0.39 is 12.0 Å². The minimum absolute atomic E-state index is 0.112. The van der Waals surface area contributed by atoms with Gasteiger partial charge in [0.25, 0.3) is 0 Å². The maximum atomic E-state index is 11.1. The molecule has 1 aromatic rings. The number of imide groups is 1. The molecule has 5 heteroatoms. The summed E-state index contributed by atoms with van der Waals surface area (Å²) in [5, 5.41) is 13.2. The second-order valence-electron chi connectivity index (χ2n) is 3.47. The number of hydrogen-bond acceptors (Lipinski definition) is 3. The Bertz CT molecular complexity index is 365. The Morgan fingerprint density at radius 3 is 2.50 bits per heavy atom. The van der Waals surface area contributed by atoms with Crippen LogP contribution in [0.5, 0.6) is 0 Å². The number of carbonyl (C=O) groups excluding carboxylic acids is 1.